The Morgan fingerprint density at radius 2 is 1.93 bits per heavy atom. The molecule has 1 aromatic heterocycles. The minimum absolute atomic E-state index is 0.624. The number of benzene rings is 2. The van der Waals surface area contributed by atoms with E-state index in [1.165, 1.54) is 4.88 Å². The standard InChI is InChI=1S/C23H28N4O2S/c1-17-21(30-22(26-17)18-9-5-4-6-10-18)16-25-23(24-2)27-19-11-7-12-20(15-19)29-14-8-13-28-3/h4-7,9-12,15H,8,13-14,16H2,1-3H3,(H2,24,25,27). The Kier molecular flexibility index (Phi) is 8.23. The number of anilines is 1. The summed E-state index contributed by atoms with van der Waals surface area (Å²) in [6.45, 7) is 4.01. The van der Waals surface area contributed by atoms with Crippen LogP contribution in [0.5, 0.6) is 5.75 Å². The zero-order chi connectivity index (χ0) is 21.2. The molecule has 1 heterocycles. The van der Waals surface area contributed by atoms with E-state index in [1.807, 2.05) is 49.4 Å². The molecule has 30 heavy (non-hydrogen) atoms. The maximum absolute atomic E-state index is 5.77. The first-order chi connectivity index (χ1) is 14.7. The molecule has 0 bridgehead atoms. The van der Waals surface area contributed by atoms with Gasteiger partial charge in [-0.2, -0.15) is 0 Å². The molecule has 0 saturated carbocycles. The Bertz CT molecular complexity index is 957. The number of nitrogens with zero attached hydrogens (tertiary/aromatic N) is 2. The van der Waals surface area contributed by atoms with Crippen LogP contribution < -0.4 is 15.4 Å². The fourth-order valence-corrected chi connectivity index (χ4v) is 3.84. The zero-order valence-electron chi connectivity index (χ0n) is 17.6. The fraction of sp³-hybridized carbons (Fsp3) is 0.304. The molecule has 0 spiro atoms. The Balaban J connectivity index is 1.57. The van der Waals surface area contributed by atoms with Gasteiger partial charge in [0.15, 0.2) is 5.96 Å². The van der Waals surface area contributed by atoms with Crippen LogP contribution in [0.25, 0.3) is 10.6 Å². The number of methoxy groups -OCH3 is 1. The van der Waals surface area contributed by atoms with Crippen LogP contribution >= 0.6 is 11.3 Å². The summed E-state index contributed by atoms with van der Waals surface area (Å²) in [5.74, 6) is 1.51. The van der Waals surface area contributed by atoms with Gasteiger partial charge in [-0.15, -0.1) is 11.3 Å². The third-order valence-electron chi connectivity index (χ3n) is 4.41. The Morgan fingerprint density at radius 3 is 2.70 bits per heavy atom. The van der Waals surface area contributed by atoms with Crippen LogP contribution in [-0.4, -0.2) is 38.3 Å². The monoisotopic (exact) mass is 424 g/mol. The second-order valence-corrected chi connectivity index (χ2v) is 7.75. The Morgan fingerprint density at radius 1 is 1.10 bits per heavy atom. The van der Waals surface area contributed by atoms with Crippen LogP contribution in [0.4, 0.5) is 5.69 Å². The smallest absolute Gasteiger partial charge is 0.195 e. The molecule has 0 fully saturated rings. The number of rotatable bonds is 9. The summed E-state index contributed by atoms with van der Waals surface area (Å²) in [5, 5.41) is 7.72. The van der Waals surface area contributed by atoms with Gasteiger partial charge in [-0.25, -0.2) is 4.98 Å². The first kappa shape index (κ1) is 21.8. The first-order valence-corrected chi connectivity index (χ1v) is 10.7. The highest BCUT2D eigenvalue weighted by Crippen LogP contribution is 2.27. The molecular formula is C23H28N4O2S. The third-order valence-corrected chi connectivity index (χ3v) is 5.62. The van der Waals surface area contributed by atoms with Gasteiger partial charge in [-0.1, -0.05) is 36.4 Å². The minimum Gasteiger partial charge on any atom is -0.493 e. The van der Waals surface area contributed by atoms with E-state index in [0.29, 0.717) is 25.7 Å². The summed E-state index contributed by atoms with van der Waals surface area (Å²) in [6, 6.07) is 18.1. The van der Waals surface area contributed by atoms with Gasteiger partial charge in [0.2, 0.25) is 0 Å². The summed E-state index contributed by atoms with van der Waals surface area (Å²) in [4.78, 5) is 10.2. The van der Waals surface area contributed by atoms with Gasteiger partial charge < -0.3 is 20.1 Å². The van der Waals surface area contributed by atoms with Crippen molar-refractivity contribution < 1.29 is 9.47 Å². The molecule has 0 aliphatic heterocycles. The summed E-state index contributed by atoms with van der Waals surface area (Å²) >= 11 is 1.70. The predicted octanol–water partition coefficient (Wildman–Crippen LogP) is 4.72. The number of aromatic nitrogens is 1. The molecule has 0 unspecified atom stereocenters. The molecule has 2 N–H and O–H groups in total. The van der Waals surface area contributed by atoms with E-state index in [9.17, 15) is 0 Å². The summed E-state index contributed by atoms with van der Waals surface area (Å²) in [6.07, 6.45) is 0.858. The van der Waals surface area contributed by atoms with Crippen molar-refractivity contribution in [2.45, 2.75) is 19.9 Å². The van der Waals surface area contributed by atoms with E-state index in [1.54, 1.807) is 25.5 Å². The number of thiazole rings is 1. The minimum atomic E-state index is 0.624. The summed E-state index contributed by atoms with van der Waals surface area (Å²) in [5.41, 5.74) is 3.09. The quantitative estimate of drug-likeness (QED) is 0.295. The van der Waals surface area contributed by atoms with Crippen molar-refractivity contribution in [3.8, 4) is 16.3 Å². The van der Waals surface area contributed by atoms with Crippen molar-refractivity contribution >= 4 is 23.0 Å². The van der Waals surface area contributed by atoms with Crippen LogP contribution in [-0.2, 0) is 11.3 Å². The lowest BCUT2D eigenvalue weighted by atomic mass is 10.2. The van der Waals surface area contributed by atoms with Crippen molar-refractivity contribution in [3.05, 3.63) is 65.2 Å². The van der Waals surface area contributed by atoms with Gasteiger partial charge in [-0.3, -0.25) is 4.99 Å². The predicted molar refractivity (Wildman–Crippen MR) is 125 cm³/mol. The highest BCUT2D eigenvalue weighted by atomic mass is 32.1. The number of aliphatic imine (C=N–C) groups is 1. The van der Waals surface area contributed by atoms with Crippen LogP contribution in [0.15, 0.2) is 59.6 Å². The molecule has 0 saturated heterocycles. The largest absolute Gasteiger partial charge is 0.493 e. The Labute approximate surface area is 182 Å². The van der Waals surface area contributed by atoms with E-state index >= 15 is 0 Å². The van der Waals surface area contributed by atoms with Crippen LogP contribution in [0, 0.1) is 6.92 Å². The topological polar surface area (TPSA) is 67.8 Å². The molecule has 0 aliphatic rings. The van der Waals surface area contributed by atoms with Crippen LogP contribution in [0.2, 0.25) is 0 Å². The summed E-state index contributed by atoms with van der Waals surface area (Å²) in [7, 11) is 3.45. The van der Waals surface area contributed by atoms with E-state index < -0.39 is 0 Å². The van der Waals surface area contributed by atoms with Gasteiger partial charge in [0.1, 0.15) is 10.8 Å². The highest BCUT2D eigenvalue weighted by Gasteiger charge is 2.10. The lowest BCUT2D eigenvalue weighted by Crippen LogP contribution is -2.30. The van der Waals surface area contributed by atoms with Crippen LogP contribution in [0.1, 0.15) is 17.0 Å². The van der Waals surface area contributed by atoms with Gasteiger partial charge >= 0.3 is 0 Å². The number of nitrogens with one attached hydrogen (secondary N) is 2. The molecule has 7 heteroatoms. The van der Waals surface area contributed by atoms with Crippen LogP contribution in [0.3, 0.4) is 0 Å². The molecule has 3 rings (SSSR count). The molecule has 158 valence electrons. The number of guanidine groups is 1. The lowest BCUT2D eigenvalue weighted by Gasteiger charge is -2.13. The molecule has 3 aromatic rings. The first-order valence-electron chi connectivity index (χ1n) is 9.91. The lowest BCUT2D eigenvalue weighted by molar-refractivity contribution is 0.172. The maximum atomic E-state index is 5.77. The van der Waals surface area contributed by atoms with E-state index in [4.69, 9.17) is 14.5 Å². The van der Waals surface area contributed by atoms with Gasteiger partial charge in [0.25, 0.3) is 0 Å². The van der Waals surface area contributed by atoms with E-state index in [2.05, 4.69) is 27.8 Å². The normalized spacial score (nSPS) is 11.4. The van der Waals surface area contributed by atoms with Crippen molar-refractivity contribution in [1.82, 2.24) is 10.3 Å². The third kappa shape index (κ3) is 6.30. The molecule has 0 atom stereocenters. The molecule has 0 radical (unpaired) electrons. The highest BCUT2D eigenvalue weighted by molar-refractivity contribution is 7.15. The molecular weight excluding hydrogens is 396 g/mol. The molecule has 0 aliphatic carbocycles. The second kappa shape index (κ2) is 11.3. The maximum Gasteiger partial charge on any atom is 0.195 e. The average molecular weight is 425 g/mol. The fourth-order valence-electron chi connectivity index (χ4n) is 2.83. The number of ether oxygens (including phenoxy) is 2. The number of hydrogen-bond acceptors (Lipinski definition) is 5. The molecule has 0 amide bonds. The number of hydrogen-bond donors (Lipinski definition) is 2. The average Bonchev–Trinajstić information content (AvgIpc) is 3.15. The number of aryl methyl sites for hydroxylation is 1. The van der Waals surface area contributed by atoms with Crippen molar-refractivity contribution in [2.24, 2.45) is 4.99 Å². The second-order valence-electron chi connectivity index (χ2n) is 6.67. The molecule has 2 aromatic carbocycles. The Hall–Kier alpha value is -2.90. The van der Waals surface area contributed by atoms with Gasteiger partial charge in [0, 0.05) is 49.4 Å². The van der Waals surface area contributed by atoms with Gasteiger partial charge in [-0.05, 0) is 19.1 Å². The zero-order valence-corrected chi connectivity index (χ0v) is 18.5. The van der Waals surface area contributed by atoms with Crippen molar-refractivity contribution in [1.29, 1.82) is 0 Å². The summed E-state index contributed by atoms with van der Waals surface area (Å²) < 4.78 is 10.8. The molecule has 6 nitrogen and oxygen atoms in total. The van der Waals surface area contributed by atoms with Crippen molar-refractivity contribution in [3.63, 3.8) is 0 Å². The SMILES string of the molecule is CN=C(NCc1sc(-c2ccccc2)nc1C)Nc1cccc(OCCCOC)c1. The van der Waals surface area contributed by atoms with Crippen molar-refractivity contribution in [2.75, 3.05) is 32.7 Å². The van der Waals surface area contributed by atoms with Gasteiger partial charge in [0.05, 0.1) is 18.8 Å². The van der Waals surface area contributed by atoms with E-state index in [-0.39, 0.29) is 0 Å². The van der Waals surface area contributed by atoms with E-state index in [0.717, 1.165) is 34.1 Å².